The van der Waals surface area contributed by atoms with Crippen molar-refractivity contribution < 1.29 is 4.74 Å². The van der Waals surface area contributed by atoms with Crippen LogP contribution in [0.25, 0.3) is 0 Å². The van der Waals surface area contributed by atoms with Crippen LogP contribution in [0.5, 0.6) is 0 Å². The van der Waals surface area contributed by atoms with Crippen molar-refractivity contribution in [1.29, 1.82) is 0 Å². The minimum absolute atomic E-state index is 0.0866. The molecule has 1 unspecified atom stereocenters. The summed E-state index contributed by atoms with van der Waals surface area (Å²) in [5.74, 6) is 0.869. The van der Waals surface area contributed by atoms with Crippen molar-refractivity contribution in [2.24, 2.45) is 11.7 Å². The minimum Gasteiger partial charge on any atom is -0.377 e. The first-order chi connectivity index (χ1) is 8.11. The fourth-order valence-corrected chi connectivity index (χ4v) is 3.37. The molecule has 1 aliphatic carbocycles. The van der Waals surface area contributed by atoms with Gasteiger partial charge in [0.15, 0.2) is 0 Å². The molecule has 3 heteroatoms. The number of piperidine rings is 1. The van der Waals surface area contributed by atoms with Crippen molar-refractivity contribution in [2.75, 3.05) is 26.7 Å². The van der Waals surface area contributed by atoms with Crippen LogP contribution in [-0.4, -0.2) is 43.3 Å². The molecule has 2 aliphatic rings. The quantitative estimate of drug-likeness (QED) is 0.820. The fourth-order valence-electron chi connectivity index (χ4n) is 3.37. The molecule has 0 amide bonds. The Labute approximate surface area is 106 Å². The van der Waals surface area contributed by atoms with Crippen molar-refractivity contribution in [3.8, 4) is 0 Å². The molecule has 2 fully saturated rings. The largest absolute Gasteiger partial charge is 0.377 e. The molecule has 17 heavy (non-hydrogen) atoms. The second-order valence-electron chi connectivity index (χ2n) is 6.27. The maximum absolute atomic E-state index is 5.96. The number of nitrogens with zero attached hydrogens (tertiary/aromatic N) is 1. The van der Waals surface area contributed by atoms with Crippen molar-refractivity contribution in [2.45, 2.75) is 57.1 Å². The number of methoxy groups -OCH3 is 1. The number of hydrogen-bond acceptors (Lipinski definition) is 3. The van der Waals surface area contributed by atoms with Crippen molar-refractivity contribution >= 4 is 0 Å². The van der Waals surface area contributed by atoms with Crippen LogP contribution >= 0.6 is 0 Å². The van der Waals surface area contributed by atoms with E-state index in [2.05, 4.69) is 11.8 Å². The predicted molar refractivity (Wildman–Crippen MR) is 71.0 cm³/mol. The summed E-state index contributed by atoms with van der Waals surface area (Å²) in [7, 11) is 1.85. The Morgan fingerprint density at radius 3 is 2.65 bits per heavy atom. The van der Waals surface area contributed by atoms with E-state index in [1.807, 2.05) is 7.11 Å². The Balaban J connectivity index is 1.79. The third-order valence-electron chi connectivity index (χ3n) is 4.64. The van der Waals surface area contributed by atoms with Crippen LogP contribution < -0.4 is 5.73 Å². The summed E-state index contributed by atoms with van der Waals surface area (Å²) in [5.41, 5.74) is 6.05. The zero-order valence-electron chi connectivity index (χ0n) is 11.5. The SMILES string of the molecule is COC1(C)CCCN(CC2CCC(N)CC2)C1. The third-order valence-corrected chi connectivity index (χ3v) is 4.64. The van der Waals surface area contributed by atoms with Crippen molar-refractivity contribution in [1.82, 2.24) is 4.90 Å². The Hall–Kier alpha value is -0.120. The van der Waals surface area contributed by atoms with Crippen LogP contribution in [0, 0.1) is 5.92 Å². The lowest BCUT2D eigenvalue weighted by molar-refractivity contribution is -0.0546. The van der Waals surface area contributed by atoms with Gasteiger partial charge >= 0.3 is 0 Å². The summed E-state index contributed by atoms with van der Waals surface area (Å²) in [6, 6.07) is 0.469. The predicted octanol–water partition coefficient (Wildman–Crippen LogP) is 2.00. The van der Waals surface area contributed by atoms with E-state index in [1.165, 1.54) is 51.6 Å². The Morgan fingerprint density at radius 2 is 2.00 bits per heavy atom. The van der Waals surface area contributed by atoms with Crippen LogP contribution in [-0.2, 0) is 4.74 Å². The molecule has 0 bridgehead atoms. The number of likely N-dealkylation sites (tertiary alicyclic amines) is 1. The maximum Gasteiger partial charge on any atom is 0.0777 e. The van der Waals surface area contributed by atoms with E-state index in [0.29, 0.717) is 6.04 Å². The van der Waals surface area contributed by atoms with Gasteiger partial charge in [-0.25, -0.2) is 0 Å². The normalized spacial score (nSPS) is 40.4. The maximum atomic E-state index is 5.96. The van der Waals surface area contributed by atoms with Crippen LogP contribution in [0.2, 0.25) is 0 Å². The average Bonchev–Trinajstić information content (AvgIpc) is 2.32. The monoisotopic (exact) mass is 240 g/mol. The minimum atomic E-state index is 0.0866. The zero-order valence-corrected chi connectivity index (χ0v) is 11.5. The molecule has 0 radical (unpaired) electrons. The molecule has 0 aromatic heterocycles. The Bertz CT molecular complexity index is 238. The van der Waals surface area contributed by atoms with Crippen LogP contribution in [0.15, 0.2) is 0 Å². The van der Waals surface area contributed by atoms with Crippen LogP contribution in [0.1, 0.15) is 45.4 Å². The molecule has 1 heterocycles. The highest BCUT2D eigenvalue weighted by Gasteiger charge is 2.32. The number of nitrogens with two attached hydrogens (primary N) is 1. The molecule has 0 spiro atoms. The lowest BCUT2D eigenvalue weighted by atomic mass is 9.85. The lowest BCUT2D eigenvalue weighted by Crippen LogP contribution is -2.49. The molecule has 3 nitrogen and oxygen atoms in total. The highest BCUT2D eigenvalue weighted by molar-refractivity contribution is 4.86. The standard InChI is InChI=1S/C14H28N2O/c1-14(17-2)8-3-9-16(11-14)10-12-4-6-13(15)7-5-12/h12-13H,3-11,15H2,1-2H3. The molecule has 1 saturated carbocycles. The van der Waals surface area contributed by atoms with Gasteiger partial charge in [0.25, 0.3) is 0 Å². The smallest absolute Gasteiger partial charge is 0.0777 e. The summed E-state index contributed by atoms with van der Waals surface area (Å²) in [6.45, 7) is 5.86. The van der Waals surface area contributed by atoms with Gasteiger partial charge in [0.1, 0.15) is 0 Å². The van der Waals surface area contributed by atoms with Crippen LogP contribution in [0.3, 0.4) is 0 Å². The van der Waals surface area contributed by atoms with E-state index < -0.39 is 0 Å². The van der Waals surface area contributed by atoms with E-state index in [0.717, 1.165) is 12.5 Å². The molecule has 1 aliphatic heterocycles. The first-order valence-electron chi connectivity index (χ1n) is 7.14. The third kappa shape index (κ3) is 3.67. The van der Waals surface area contributed by atoms with Gasteiger partial charge in [-0.05, 0) is 57.9 Å². The highest BCUT2D eigenvalue weighted by atomic mass is 16.5. The van der Waals surface area contributed by atoms with Crippen molar-refractivity contribution in [3.63, 3.8) is 0 Å². The Morgan fingerprint density at radius 1 is 1.29 bits per heavy atom. The van der Waals surface area contributed by atoms with Crippen LogP contribution in [0.4, 0.5) is 0 Å². The van der Waals surface area contributed by atoms with E-state index in [9.17, 15) is 0 Å². The van der Waals surface area contributed by atoms with Gasteiger partial charge in [0.05, 0.1) is 5.60 Å². The first-order valence-corrected chi connectivity index (χ1v) is 7.14. The Kier molecular flexibility index (Phi) is 4.45. The molecule has 1 saturated heterocycles. The van der Waals surface area contributed by atoms with E-state index in [1.54, 1.807) is 0 Å². The summed E-state index contributed by atoms with van der Waals surface area (Å²) in [5, 5.41) is 0. The number of hydrogen-bond donors (Lipinski definition) is 1. The van der Waals surface area contributed by atoms with Gasteiger partial charge in [-0.1, -0.05) is 0 Å². The molecule has 100 valence electrons. The summed E-state index contributed by atoms with van der Waals surface area (Å²) in [6.07, 6.45) is 7.56. The van der Waals surface area contributed by atoms with Gasteiger partial charge in [-0.2, -0.15) is 0 Å². The summed E-state index contributed by atoms with van der Waals surface area (Å²) >= 11 is 0. The average molecular weight is 240 g/mol. The second kappa shape index (κ2) is 5.68. The summed E-state index contributed by atoms with van der Waals surface area (Å²) < 4.78 is 5.65. The molecule has 2 N–H and O–H groups in total. The molecule has 0 aromatic carbocycles. The van der Waals surface area contributed by atoms with Gasteiger partial charge in [-0.3, -0.25) is 0 Å². The van der Waals surface area contributed by atoms with Gasteiger partial charge in [0.2, 0.25) is 0 Å². The topological polar surface area (TPSA) is 38.5 Å². The van der Waals surface area contributed by atoms with E-state index in [-0.39, 0.29) is 5.60 Å². The van der Waals surface area contributed by atoms with E-state index in [4.69, 9.17) is 10.5 Å². The number of rotatable bonds is 3. The zero-order chi connectivity index (χ0) is 12.3. The molecular weight excluding hydrogens is 212 g/mol. The number of ether oxygens (including phenoxy) is 1. The van der Waals surface area contributed by atoms with Gasteiger partial charge in [-0.15, -0.1) is 0 Å². The van der Waals surface area contributed by atoms with Crippen molar-refractivity contribution in [3.05, 3.63) is 0 Å². The molecule has 1 atom stereocenters. The molecule has 0 aromatic rings. The summed E-state index contributed by atoms with van der Waals surface area (Å²) in [4.78, 5) is 2.61. The lowest BCUT2D eigenvalue weighted by Gasteiger charge is -2.41. The van der Waals surface area contributed by atoms with Gasteiger partial charge < -0.3 is 15.4 Å². The highest BCUT2D eigenvalue weighted by Crippen LogP contribution is 2.28. The van der Waals surface area contributed by atoms with E-state index >= 15 is 0 Å². The second-order valence-corrected chi connectivity index (χ2v) is 6.27. The molecule has 2 rings (SSSR count). The first kappa shape index (κ1) is 13.3. The van der Waals surface area contributed by atoms with Gasteiger partial charge in [0, 0.05) is 26.2 Å². The fraction of sp³-hybridized carbons (Fsp3) is 1.00. The molecular formula is C14H28N2O.